The Balaban J connectivity index is 0.000000156. The van der Waals surface area contributed by atoms with Gasteiger partial charge in [0.15, 0.2) is 0 Å². The average Bonchev–Trinajstić information content (AvgIpc) is 3.92. The number of aromatic nitrogens is 4. The van der Waals surface area contributed by atoms with E-state index in [0.717, 1.165) is 12.1 Å². The third-order valence-electron chi connectivity index (χ3n) is 9.73. The van der Waals surface area contributed by atoms with Crippen LogP contribution in [0.1, 0.15) is 22.5 Å². The molecule has 0 fully saturated rings. The summed E-state index contributed by atoms with van der Waals surface area (Å²) >= 11 is 0. The van der Waals surface area contributed by atoms with Gasteiger partial charge < -0.3 is 4.85 Å². The van der Waals surface area contributed by atoms with Crippen LogP contribution in [0.5, 0.6) is 0 Å². The van der Waals surface area contributed by atoms with Gasteiger partial charge in [-0.1, -0.05) is 0 Å². The number of hydrogen-bond donors (Lipinski definition) is 0. The van der Waals surface area contributed by atoms with Gasteiger partial charge in [-0.25, -0.2) is 64.3 Å². The molecule has 0 spiro atoms. The molecular formula is C45H14F4N10O2. The van der Waals surface area contributed by atoms with Crippen molar-refractivity contribution in [3.05, 3.63) is 185 Å². The van der Waals surface area contributed by atoms with Crippen LogP contribution in [0.25, 0.3) is 91.8 Å². The zero-order valence-corrected chi connectivity index (χ0v) is 30.4. The molecule has 0 amide bonds. The second-order valence-electron chi connectivity index (χ2n) is 13.0. The van der Waals surface area contributed by atoms with Gasteiger partial charge in [0, 0.05) is 43.8 Å². The first-order valence-corrected chi connectivity index (χ1v) is 17.4. The Bertz CT molecular complexity index is 3470. The molecule has 12 nitrogen and oxygen atoms in total. The van der Waals surface area contributed by atoms with Crippen molar-refractivity contribution in [2.75, 3.05) is 6.54 Å². The van der Waals surface area contributed by atoms with E-state index >= 15 is 0 Å². The van der Waals surface area contributed by atoms with E-state index in [4.69, 9.17) is 25.0 Å². The molecule has 16 heteroatoms. The first-order valence-electron chi connectivity index (χ1n) is 17.4. The minimum atomic E-state index is -0.551. The Labute approximate surface area is 339 Å². The van der Waals surface area contributed by atoms with E-state index in [1.54, 1.807) is 6.07 Å². The van der Waals surface area contributed by atoms with Crippen LogP contribution >= 0.6 is 0 Å². The van der Waals surface area contributed by atoms with Crippen molar-refractivity contribution in [2.24, 2.45) is 0 Å². The minimum Gasteiger partial charge on any atom is -0.301 e. The number of allylic oxidation sites excluding steroid dienone is 2. The fourth-order valence-corrected chi connectivity index (χ4v) is 7.27. The van der Waals surface area contributed by atoms with Crippen LogP contribution in [-0.4, -0.2) is 26.5 Å². The second kappa shape index (κ2) is 14.8. The maximum Gasteiger partial charge on any atom is 0.298 e. The first kappa shape index (κ1) is 38.4. The quantitative estimate of drug-likeness (QED) is 0.0631. The molecule has 2 aromatic heterocycles. The molecule has 0 N–H and O–H groups in total. The summed E-state index contributed by atoms with van der Waals surface area (Å²) in [5, 5.41) is 27.8. The number of rotatable bonds is 0. The Morgan fingerprint density at radius 3 is 1.25 bits per heavy atom. The molecule has 0 saturated carbocycles. The number of fused-ring (bicyclic) bond motifs is 12. The van der Waals surface area contributed by atoms with E-state index < -0.39 is 34.1 Å². The number of benzene rings is 4. The normalized spacial score (nSPS) is 13.1. The summed E-state index contributed by atoms with van der Waals surface area (Å²) in [4.78, 5) is 52.1. The van der Waals surface area contributed by atoms with Gasteiger partial charge >= 0.3 is 0 Å². The van der Waals surface area contributed by atoms with E-state index in [0.29, 0.717) is 33.0 Å². The van der Waals surface area contributed by atoms with E-state index in [9.17, 15) is 37.7 Å². The molecule has 0 radical (unpaired) electrons. The first-order chi connectivity index (χ1) is 29.5. The largest absolute Gasteiger partial charge is 0.301 e. The summed E-state index contributed by atoms with van der Waals surface area (Å²) < 4.78 is 54.9. The number of halogens is 4. The van der Waals surface area contributed by atoms with Crippen molar-refractivity contribution in [3.63, 3.8) is 0 Å². The third-order valence-corrected chi connectivity index (χ3v) is 9.73. The molecule has 2 aliphatic carbocycles. The Morgan fingerprint density at radius 1 is 0.508 bits per heavy atom. The Hall–Kier alpha value is -9.48. The lowest BCUT2D eigenvalue weighted by molar-refractivity contribution is 0.627. The molecule has 61 heavy (non-hydrogen) atoms. The lowest BCUT2D eigenvalue weighted by Gasteiger charge is -2.06. The fraction of sp³-hybridized carbons (Fsp3) is 0.0222. The molecule has 0 saturated heterocycles. The van der Waals surface area contributed by atoms with Crippen LogP contribution < -0.4 is 10.9 Å². The van der Waals surface area contributed by atoms with Gasteiger partial charge in [0.1, 0.15) is 51.4 Å². The van der Waals surface area contributed by atoms with E-state index in [1.807, 2.05) is 12.1 Å². The summed E-state index contributed by atoms with van der Waals surface area (Å²) in [6, 6.07) is 20.8. The molecule has 0 atom stereocenters. The number of nitrogens with zero attached hydrogens (tertiary/aromatic N) is 10. The van der Waals surface area contributed by atoms with Crippen LogP contribution in [0, 0.1) is 77.0 Å². The summed E-state index contributed by atoms with van der Waals surface area (Å²) in [6.07, 6.45) is 0. The van der Waals surface area contributed by atoms with Crippen molar-refractivity contribution >= 4 is 54.8 Å². The summed E-state index contributed by atoms with van der Waals surface area (Å²) in [6.45, 7) is 20.7. The number of nitriles is 3. The van der Waals surface area contributed by atoms with E-state index in [-0.39, 0.29) is 84.7 Å². The summed E-state index contributed by atoms with van der Waals surface area (Å²) in [5.74, 6) is -2.16. The molecule has 2 aliphatic rings. The van der Waals surface area contributed by atoms with Crippen LogP contribution in [0.4, 0.5) is 17.6 Å². The zero-order chi connectivity index (χ0) is 43.3. The topological polar surface area (TPSA) is 170 Å². The highest BCUT2D eigenvalue weighted by Gasteiger charge is 2.36. The van der Waals surface area contributed by atoms with E-state index in [2.05, 4.69) is 34.5 Å². The third kappa shape index (κ3) is 6.02. The molecule has 0 aliphatic heterocycles. The molecular weight excluding hydrogens is 789 g/mol. The molecule has 8 aromatic rings. The maximum atomic E-state index is 14.0. The Kier molecular flexibility index (Phi) is 9.31. The molecule has 2 heterocycles. The Morgan fingerprint density at radius 2 is 0.902 bits per heavy atom. The van der Waals surface area contributed by atoms with Crippen LogP contribution in [0.15, 0.2) is 93.8 Å². The second-order valence-corrected chi connectivity index (χ2v) is 13.0. The van der Waals surface area contributed by atoms with Gasteiger partial charge in [-0.3, -0.25) is 9.59 Å². The van der Waals surface area contributed by atoms with Crippen molar-refractivity contribution in [2.45, 2.75) is 0 Å². The van der Waals surface area contributed by atoms with E-state index in [1.165, 1.54) is 60.7 Å². The summed E-state index contributed by atoms with van der Waals surface area (Å²) in [7, 11) is 0. The SMILES string of the molecule is O=c1c2cc(F)ccc2c2nc3c(=O)c4cc(F)ccc4c3nc12.[C-]#[N+]/C(C#N)=C1/c2cc(F)ccc2-c2nc3c(nc21)-c1ccc(F)cc1/C3=C(/C#N)[N+]#[C-].[C-]#[N+]CC#N. The summed E-state index contributed by atoms with van der Waals surface area (Å²) in [5.41, 5.74) is 2.17. The predicted molar refractivity (Wildman–Crippen MR) is 213 cm³/mol. The van der Waals surface area contributed by atoms with Crippen molar-refractivity contribution < 1.29 is 17.6 Å². The van der Waals surface area contributed by atoms with Crippen LogP contribution in [-0.2, 0) is 0 Å². The lowest BCUT2D eigenvalue weighted by atomic mass is 10.0. The van der Waals surface area contributed by atoms with Crippen molar-refractivity contribution in [1.29, 1.82) is 15.8 Å². The molecule has 284 valence electrons. The van der Waals surface area contributed by atoms with Crippen LogP contribution in [0.2, 0.25) is 0 Å². The predicted octanol–water partition coefficient (Wildman–Crippen LogP) is 8.51. The van der Waals surface area contributed by atoms with Gasteiger partial charge in [-0.05, 0) is 83.9 Å². The lowest BCUT2D eigenvalue weighted by Crippen LogP contribution is -2.00. The zero-order valence-electron chi connectivity index (χ0n) is 30.4. The van der Waals surface area contributed by atoms with Gasteiger partial charge in [-0.2, -0.15) is 5.26 Å². The van der Waals surface area contributed by atoms with Crippen molar-refractivity contribution in [3.8, 4) is 40.7 Å². The fourth-order valence-electron chi connectivity index (χ4n) is 7.27. The monoisotopic (exact) mass is 802 g/mol. The van der Waals surface area contributed by atoms with Gasteiger partial charge in [0.2, 0.25) is 10.9 Å². The highest BCUT2D eigenvalue weighted by atomic mass is 19.1. The molecule has 0 bridgehead atoms. The van der Waals surface area contributed by atoms with Gasteiger partial charge in [-0.15, -0.1) is 0 Å². The highest BCUT2D eigenvalue weighted by molar-refractivity contribution is 6.15. The molecule has 6 aromatic carbocycles. The van der Waals surface area contributed by atoms with Gasteiger partial charge in [0.25, 0.3) is 17.9 Å². The molecule has 0 unspecified atom stereocenters. The number of hydrogen-bond acceptors (Lipinski definition) is 9. The molecule has 10 rings (SSSR count). The average molecular weight is 803 g/mol. The van der Waals surface area contributed by atoms with Gasteiger partial charge in [0.05, 0.1) is 48.1 Å². The van der Waals surface area contributed by atoms with Crippen LogP contribution in [0.3, 0.4) is 0 Å². The van der Waals surface area contributed by atoms with Crippen molar-refractivity contribution in [1.82, 2.24) is 19.9 Å². The standard InChI is InChI=1S/C24H6F2N6.C18H6F2N2O2.C3H2N2/c1-29-17(9-27)19-15-7-11(25)3-5-13(15)21-23(19)31-22-14-6-4-12(26)8-16(14)20(24(22)32-21)18(10-28)30-2;19-7-1-3-9-11(5-7)17(23)15-13(9)21-16-14(22-15)10-4-2-8(20)6-12(10)18(16)24;1-5-3-2-4/h3-8H;1-6H;3H2/b19-17-,20-18+;;. The minimum absolute atomic E-state index is 0.0139. The maximum absolute atomic E-state index is 14.0. The smallest absolute Gasteiger partial charge is 0.298 e. The highest BCUT2D eigenvalue weighted by Crippen LogP contribution is 2.50.